The summed E-state index contributed by atoms with van der Waals surface area (Å²) in [6, 6.07) is 7.97. The zero-order chi connectivity index (χ0) is 17.9. The number of aliphatic hydroxyl groups excluding tert-OH is 2. The van der Waals surface area contributed by atoms with Gasteiger partial charge in [0.1, 0.15) is 12.4 Å². The van der Waals surface area contributed by atoms with E-state index < -0.39 is 6.10 Å². The van der Waals surface area contributed by atoms with E-state index >= 15 is 0 Å². The summed E-state index contributed by atoms with van der Waals surface area (Å²) in [5.41, 5.74) is 1.25. The number of rotatable bonds is 8. The van der Waals surface area contributed by atoms with Gasteiger partial charge in [0.05, 0.1) is 25.9 Å². The number of benzene rings is 1. The molecule has 0 amide bonds. The molecule has 1 atom stereocenters. The molecular formula is C19H30O4. The fourth-order valence-corrected chi connectivity index (χ4v) is 1.02. The van der Waals surface area contributed by atoms with Gasteiger partial charge < -0.3 is 19.7 Å². The molecule has 0 aliphatic rings. The molecule has 23 heavy (non-hydrogen) atoms. The van der Waals surface area contributed by atoms with Crippen LogP contribution < -0.4 is 4.74 Å². The van der Waals surface area contributed by atoms with Gasteiger partial charge in [-0.25, -0.2) is 0 Å². The second kappa shape index (κ2) is 18.2. The summed E-state index contributed by atoms with van der Waals surface area (Å²) in [4.78, 5) is 0. The molecular weight excluding hydrogens is 292 g/mol. The van der Waals surface area contributed by atoms with Crippen LogP contribution in [0.4, 0.5) is 0 Å². The Labute approximate surface area is 140 Å². The van der Waals surface area contributed by atoms with Crippen molar-refractivity contribution >= 4 is 0 Å². The van der Waals surface area contributed by atoms with Crippen molar-refractivity contribution in [3.63, 3.8) is 0 Å². The van der Waals surface area contributed by atoms with Crippen molar-refractivity contribution in [2.75, 3.05) is 26.4 Å². The second-order valence-corrected chi connectivity index (χ2v) is 4.56. The van der Waals surface area contributed by atoms with Crippen molar-refractivity contribution in [2.45, 2.75) is 20.0 Å². The molecule has 4 nitrogen and oxygen atoms in total. The summed E-state index contributed by atoms with van der Waals surface area (Å²) in [6.45, 7) is 15.8. The van der Waals surface area contributed by atoms with Gasteiger partial charge in [-0.15, -0.1) is 13.2 Å². The molecule has 0 radical (unpaired) electrons. The van der Waals surface area contributed by atoms with Crippen LogP contribution >= 0.6 is 0 Å². The van der Waals surface area contributed by atoms with E-state index in [4.69, 9.17) is 19.7 Å². The average Bonchev–Trinajstić information content (AvgIpc) is 2.56. The molecule has 0 saturated heterocycles. The van der Waals surface area contributed by atoms with Gasteiger partial charge in [-0.2, -0.15) is 0 Å². The van der Waals surface area contributed by atoms with Gasteiger partial charge in [0, 0.05) is 0 Å². The Balaban J connectivity index is 0. The Morgan fingerprint density at radius 1 is 1.00 bits per heavy atom. The lowest BCUT2D eigenvalue weighted by Gasteiger charge is -2.01. The highest BCUT2D eigenvalue weighted by atomic mass is 16.5. The molecule has 0 aliphatic carbocycles. The first kappa shape index (κ1) is 23.4. The van der Waals surface area contributed by atoms with Crippen molar-refractivity contribution in [2.24, 2.45) is 0 Å². The Kier molecular flexibility index (Phi) is 18.5. The zero-order valence-electron chi connectivity index (χ0n) is 14.3. The molecule has 1 unspecified atom stereocenters. The summed E-state index contributed by atoms with van der Waals surface area (Å²) >= 11 is 0. The number of ether oxygens (including phenoxy) is 2. The first-order valence-corrected chi connectivity index (χ1v) is 7.40. The molecule has 0 spiro atoms. The lowest BCUT2D eigenvalue weighted by atomic mass is 10.2. The smallest absolute Gasteiger partial charge is 0.119 e. The van der Waals surface area contributed by atoms with Gasteiger partial charge in [-0.3, -0.25) is 0 Å². The first-order valence-electron chi connectivity index (χ1n) is 7.40. The van der Waals surface area contributed by atoms with E-state index in [1.807, 2.05) is 24.3 Å². The van der Waals surface area contributed by atoms with E-state index in [1.165, 1.54) is 12.5 Å². The van der Waals surface area contributed by atoms with Crippen molar-refractivity contribution < 1.29 is 19.7 Å². The Hall–Kier alpha value is -1.88. The minimum Gasteiger partial charge on any atom is -0.490 e. The summed E-state index contributed by atoms with van der Waals surface area (Å²) in [6.07, 6.45) is 4.60. The van der Waals surface area contributed by atoms with Crippen LogP contribution in [0.3, 0.4) is 0 Å². The van der Waals surface area contributed by atoms with Crippen LogP contribution in [0.1, 0.15) is 12.5 Å². The van der Waals surface area contributed by atoms with Gasteiger partial charge in [-0.05, 0) is 26.0 Å². The molecule has 0 aromatic heterocycles. The monoisotopic (exact) mass is 322 g/mol. The minimum absolute atomic E-state index is 0.139. The van der Waals surface area contributed by atoms with Crippen LogP contribution in [0.25, 0.3) is 0 Å². The van der Waals surface area contributed by atoms with Crippen LogP contribution in [0, 0.1) is 6.92 Å². The third-order valence-electron chi connectivity index (χ3n) is 2.12. The maximum atomic E-state index is 8.11. The number of aryl methyl sites for hydroxylation is 1. The standard InChI is InChI=1S/C10H12O.C6H10O.C3H8O2/c1-3-8-11-10-6-4-9(2)5-7-10;1-3-5-7-6-4-2;1-3(5)2-4/h3-7H,1,8H2,2H3;3-4H,1-2,5-6H2;3-5H,2H2,1H3. The van der Waals surface area contributed by atoms with E-state index in [2.05, 4.69) is 26.7 Å². The first-order chi connectivity index (χ1) is 11.0. The lowest BCUT2D eigenvalue weighted by molar-refractivity contribution is 0.110. The maximum absolute atomic E-state index is 8.11. The molecule has 0 saturated carbocycles. The predicted molar refractivity (Wildman–Crippen MR) is 96.9 cm³/mol. The zero-order valence-corrected chi connectivity index (χ0v) is 14.3. The third-order valence-corrected chi connectivity index (χ3v) is 2.12. The van der Waals surface area contributed by atoms with E-state index in [0.29, 0.717) is 19.8 Å². The second-order valence-electron chi connectivity index (χ2n) is 4.56. The molecule has 0 heterocycles. The number of hydrogen-bond acceptors (Lipinski definition) is 4. The van der Waals surface area contributed by atoms with Crippen LogP contribution in [0.2, 0.25) is 0 Å². The Morgan fingerprint density at radius 2 is 1.43 bits per heavy atom. The SMILES string of the molecule is C=CCOCC=C.C=CCOc1ccc(C)cc1.CC(O)CO. The summed E-state index contributed by atoms with van der Waals surface area (Å²) in [5.74, 6) is 0.899. The van der Waals surface area contributed by atoms with Gasteiger partial charge in [0.15, 0.2) is 0 Å². The Morgan fingerprint density at radius 3 is 1.78 bits per heavy atom. The largest absolute Gasteiger partial charge is 0.490 e. The van der Waals surface area contributed by atoms with Crippen molar-refractivity contribution in [3.05, 3.63) is 67.8 Å². The maximum Gasteiger partial charge on any atom is 0.119 e. The third kappa shape index (κ3) is 20.1. The van der Waals surface area contributed by atoms with Crippen LogP contribution in [0.15, 0.2) is 62.2 Å². The molecule has 2 N–H and O–H groups in total. The van der Waals surface area contributed by atoms with Gasteiger partial charge >= 0.3 is 0 Å². The van der Waals surface area contributed by atoms with Crippen molar-refractivity contribution in [1.82, 2.24) is 0 Å². The quantitative estimate of drug-likeness (QED) is 0.569. The van der Waals surface area contributed by atoms with Gasteiger partial charge in [0.25, 0.3) is 0 Å². The van der Waals surface area contributed by atoms with Crippen LogP contribution in [-0.4, -0.2) is 42.7 Å². The molecule has 130 valence electrons. The molecule has 0 bridgehead atoms. The summed E-state index contributed by atoms with van der Waals surface area (Å²) in [7, 11) is 0. The van der Waals surface area contributed by atoms with E-state index in [1.54, 1.807) is 18.2 Å². The van der Waals surface area contributed by atoms with E-state index in [-0.39, 0.29) is 6.61 Å². The highest BCUT2D eigenvalue weighted by molar-refractivity contribution is 5.26. The van der Waals surface area contributed by atoms with Crippen LogP contribution in [0.5, 0.6) is 5.75 Å². The number of aliphatic hydroxyl groups is 2. The van der Waals surface area contributed by atoms with E-state index in [0.717, 1.165) is 5.75 Å². The molecule has 1 rings (SSSR count). The van der Waals surface area contributed by atoms with Crippen molar-refractivity contribution in [1.29, 1.82) is 0 Å². The van der Waals surface area contributed by atoms with Gasteiger partial charge in [0.2, 0.25) is 0 Å². The van der Waals surface area contributed by atoms with Crippen molar-refractivity contribution in [3.8, 4) is 5.75 Å². The van der Waals surface area contributed by atoms with E-state index in [9.17, 15) is 0 Å². The molecule has 4 heteroatoms. The fourth-order valence-electron chi connectivity index (χ4n) is 1.02. The molecule has 1 aromatic rings. The topological polar surface area (TPSA) is 58.9 Å². The van der Waals surface area contributed by atoms with Crippen LogP contribution in [-0.2, 0) is 4.74 Å². The molecule has 0 fully saturated rings. The fraction of sp³-hybridized carbons (Fsp3) is 0.368. The highest BCUT2D eigenvalue weighted by Crippen LogP contribution is 2.10. The highest BCUT2D eigenvalue weighted by Gasteiger charge is 1.88. The number of hydrogen-bond donors (Lipinski definition) is 2. The average molecular weight is 322 g/mol. The lowest BCUT2D eigenvalue weighted by Crippen LogP contribution is -2.03. The molecule has 0 aliphatic heterocycles. The normalized spacial score (nSPS) is 10.1. The minimum atomic E-state index is -0.560. The Bertz CT molecular complexity index is 388. The summed E-state index contributed by atoms with van der Waals surface area (Å²) < 4.78 is 10.2. The van der Waals surface area contributed by atoms with Gasteiger partial charge in [-0.1, -0.05) is 42.5 Å². The predicted octanol–water partition coefficient (Wildman–Crippen LogP) is 3.29. The molecule has 1 aromatic carbocycles. The summed E-state index contributed by atoms with van der Waals surface area (Å²) in [5, 5.41) is 16.0.